The van der Waals surface area contributed by atoms with Crippen molar-refractivity contribution in [3.05, 3.63) is 127 Å². The zero-order valence-electron chi connectivity index (χ0n) is 18.3. The lowest BCUT2D eigenvalue weighted by atomic mass is 10.1. The van der Waals surface area contributed by atoms with Crippen LogP contribution in [-0.4, -0.2) is 13.0 Å². The van der Waals surface area contributed by atoms with Gasteiger partial charge in [-0.25, -0.2) is 8.42 Å². The van der Waals surface area contributed by atoms with Crippen LogP contribution < -0.4 is 0 Å². The Morgan fingerprint density at radius 3 is 1.44 bits per heavy atom. The molecule has 0 aliphatic heterocycles. The van der Waals surface area contributed by atoms with Crippen molar-refractivity contribution >= 4 is 31.6 Å². The molecule has 5 aromatic carbocycles. The standard InChI is InChI=1S/C30H21NO2S/c32-34(33,25-8-2-1-3-9-25)26-20-16-23(17-21-26)22-14-18-24(19-15-22)31-29-12-6-4-10-27(29)28-11-5-7-13-30(28)31/h1-21H. The number of hydrogen-bond acceptors (Lipinski definition) is 2. The van der Waals surface area contributed by atoms with Gasteiger partial charge in [0.2, 0.25) is 9.84 Å². The topological polar surface area (TPSA) is 39.1 Å². The number of para-hydroxylation sites is 2. The van der Waals surface area contributed by atoms with Crippen molar-refractivity contribution in [2.75, 3.05) is 0 Å². The van der Waals surface area contributed by atoms with Gasteiger partial charge in [0.15, 0.2) is 0 Å². The van der Waals surface area contributed by atoms with Gasteiger partial charge >= 0.3 is 0 Å². The molecule has 0 N–H and O–H groups in total. The van der Waals surface area contributed by atoms with Crippen molar-refractivity contribution in [2.24, 2.45) is 0 Å². The smallest absolute Gasteiger partial charge is 0.206 e. The van der Waals surface area contributed by atoms with Crippen LogP contribution in [0.3, 0.4) is 0 Å². The van der Waals surface area contributed by atoms with Crippen molar-refractivity contribution in [3.63, 3.8) is 0 Å². The number of hydrogen-bond donors (Lipinski definition) is 0. The second kappa shape index (κ2) is 8.01. The molecule has 164 valence electrons. The maximum Gasteiger partial charge on any atom is 0.206 e. The van der Waals surface area contributed by atoms with Crippen molar-refractivity contribution < 1.29 is 8.42 Å². The van der Waals surface area contributed by atoms with E-state index in [2.05, 4.69) is 77.4 Å². The van der Waals surface area contributed by atoms with Crippen LogP contribution in [0.25, 0.3) is 38.6 Å². The van der Waals surface area contributed by atoms with Crippen LogP contribution in [0.4, 0.5) is 0 Å². The van der Waals surface area contributed by atoms with E-state index in [9.17, 15) is 8.42 Å². The molecular formula is C30H21NO2S. The summed E-state index contributed by atoms with van der Waals surface area (Å²) in [4.78, 5) is 0.600. The Morgan fingerprint density at radius 2 is 0.882 bits per heavy atom. The van der Waals surface area contributed by atoms with Crippen LogP contribution in [0.2, 0.25) is 0 Å². The Labute approximate surface area is 198 Å². The van der Waals surface area contributed by atoms with Crippen LogP contribution in [0.15, 0.2) is 137 Å². The number of fused-ring (bicyclic) bond motifs is 3. The van der Waals surface area contributed by atoms with Gasteiger partial charge in [0, 0.05) is 16.5 Å². The molecule has 0 saturated carbocycles. The molecule has 0 radical (unpaired) electrons. The molecule has 0 aliphatic rings. The average molecular weight is 460 g/mol. The highest BCUT2D eigenvalue weighted by molar-refractivity contribution is 7.91. The number of aromatic nitrogens is 1. The van der Waals surface area contributed by atoms with Crippen LogP contribution in [-0.2, 0) is 9.84 Å². The van der Waals surface area contributed by atoms with Crippen LogP contribution in [0.5, 0.6) is 0 Å². The summed E-state index contributed by atoms with van der Waals surface area (Å²) in [5, 5.41) is 2.47. The minimum absolute atomic E-state index is 0.296. The summed E-state index contributed by atoms with van der Waals surface area (Å²) in [5.74, 6) is 0. The van der Waals surface area contributed by atoms with Gasteiger partial charge in [0.25, 0.3) is 0 Å². The van der Waals surface area contributed by atoms with E-state index in [4.69, 9.17) is 0 Å². The van der Waals surface area contributed by atoms with E-state index < -0.39 is 9.84 Å². The normalized spacial score (nSPS) is 11.8. The fraction of sp³-hybridized carbons (Fsp3) is 0. The summed E-state index contributed by atoms with van der Waals surface area (Å²) >= 11 is 0. The average Bonchev–Trinajstić information content (AvgIpc) is 3.24. The highest BCUT2D eigenvalue weighted by atomic mass is 32.2. The summed E-state index contributed by atoms with van der Waals surface area (Å²) in [6.07, 6.45) is 0. The first-order chi connectivity index (χ1) is 16.6. The molecule has 6 aromatic rings. The lowest BCUT2D eigenvalue weighted by Crippen LogP contribution is -2.01. The summed E-state index contributed by atoms with van der Waals surface area (Å²) in [6.45, 7) is 0. The van der Waals surface area contributed by atoms with Crippen molar-refractivity contribution in [2.45, 2.75) is 9.79 Å². The summed E-state index contributed by atoms with van der Waals surface area (Å²) in [6, 6.07) is 40.9. The third-order valence-corrected chi connectivity index (χ3v) is 8.04. The van der Waals surface area contributed by atoms with E-state index in [-0.39, 0.29) is 0 Å². The number of rotatable bonds is 4. The molecule has 0 amide bonds. The molecule has 4 heteroatoms. The fourth-order valence-electron chi connectivity index (χ4n) is 4.57. The molecule has 3 nitrogen and oxygen atoms in total. The lowest BCUT2D eigenvalue weighted by molar-refractivity contribution is 0.596. The minimum Gasteiger partial charge on any atom is -0.309 e. The summed E-state index contributed by atoms with van der Waals surface area (Å²) < 4.78 is 28.0. The molecule has 0 aliphatic carbocycles. The molecule has 6 rings (SSSR count). The summed E-state index contributed by atoms with van der Waals surface area (Å²) in [5.41, 5.74) is 5.44. The van der Waals surface area contributed by atoms with Gasteiger partial charge in [-0.3, -0.25) is 0 Å². The number of nitrogens with zero attached hydrogens (tertiary/aromatic N) is 1. The molecule has 0 unspecified atom stereocenters. The second-order valence-corrected chi connectivity index (χ2v) is 10.2. The lowest BCUT2D eigenvalue weighted by Gasteiger charge is -2.10. The van der Waals surface area contributed by atoms with E-state index in [1.165, 1.54) is 21.8 Å². The van der Waals surface area contributed by atoms with Gasteiger partial charge < -0.3 is 4.57 Å². The van der Waals surface area contributed by atoms with E-state index in [0.29, 0.717) is 9.79 Å². The van der Waals surface area contributed by atoms with Gasteiger partial charge in [-0.15, -0.1) is 0 Å². The first kappa shape index (κ1) is 20.5. The van der Waals surface area contributed by atoms with Gasteiger partial charge in [-0.2, -0.15) is 0 Å². The number of sulfone groups is 1. The maximum absolute atomic E-state index is 12.9. The minimum atomic E-state index is -3.52. The molecule has 0 fully saturated rings. The quantitative estimate of drug-likeness (QED) is 0.278. The third kappa shape index (κ3) is 3.31. The first-order valence-electron chi connectivity index (χ1n) is 11.1. The Balaban J connectivity index is 1.37. The molecule has 0 bridgehead atoms. The molecular weight excluding hydrogens is 438 g/mol. The van der Waals surface area contributed by atoms with E-state index in [1.807, 2.05) is 18.2 Å². The monoisotopic (exact) mass is 459 g/mol. The molecule has 0 spiro atoms. The van der Waals surface area contributed by atoms with Crippen LogP contribution >= 0.6 is 0 Å². The van der Waals surface area contributed by atoms with Gasteiger partial charge in [0.05, 0.1) is 20.8 Å². The Hall–Kier alpha value is -4.15. The predicted molar refractivity (Wildman–Crippen MR) is 138 cm³/mol. The maximum atomic E-state index is 12.9. The van der Waals surface area contributed by atoms with Crippen LogP contribution in [0.1, 0.15) is 0 Å². The van der Waals surface area contributed by atoms with Crippen LogP contribution in [0, 0.1) is 0 Å². The SMILES string of the molecule is O=S(=O)(c1ccccc1)c1ccc(-c2ccc(-n3c4ccccc4c4ccccc43)cc2)cc1. The summed E-state index contributed by atoms with van der Waals surface area (Å²) in [7, 11) is -3.52. The molecule has 1 aromatic heterocycles. The van der Waals surface area contributed by atoms with E-state index in [0.717, 1.165) is 16.8 Å². The zero-order chi connectivity index (χ0) is 23.1. The highest BCUT2D eigenvalue weighted by Crippen LogP contribution is 2.32. The van der Waals surface area contributed by atoms with E-state index >= 15 is 0 Å². The van der Waals surface area contributed by atoms with Crippen molar-refractivity contribution in [1.82, 2.24) is 4.57 Å². The fourth-order valence-corrected chi connectivity index (χ4v) is 5.85. The molecule has 34 heavy (non-hydrogen) atoms. The van der Waals surface area contributed by atoms with Crippen molar-refractivity contribution in [3.8, 4) is 16.8 Å². The Kier molecular flexibility index (Phi) is 4.82. The predicted octanol–water partition coefficient (Wildman–Crippen LogP) is 7.28. The second-order valence-electron chi connectivity index (χ2n) is 8.26. The first-order valence-corrected chi connectivity index (χ1v) is 12.6. The Bertz CT molecular complexity index is 1680. The Morgan fingerprint density at radius 1 is 0.441 bits per heavy atom. The van der Waals surface area contributed by atoms with Gasteiger partial charge in [-0.1, -0.05) is 78.9 Å². The van der Waals surface area contributed by atoms with Gasteiger partial charge in [0.1, 0.15) is 0 Å². The zero-order valence-corrected chi connectivity index (χ0v) is 19.1. The molecule has 0 saturated heterocycles. The molecule has 1 heterocycles. The van der Waals surface area contributed by atoms with E-state index in [1.54, 1.807) is 36.4 Å². The largest absolute Gasteiger partial charge is 0.309 e. The third-order valence-electron chi connectivity index (χ3n) is 6.26. The van der Waals surface area contributed by atoms with Gasteiger partial charge in [-0.05, 0) is 59.7 Å². The number of benzene rings is 5. The van der Waals surface area contributed by atoms with Crippen molar-refractivity contribution in [1.29, 1.82) is 0 Å². The highest BCUT2D eigenvalue weighted by Gasteiger charge is 2.17. The molecule has 0 atom stereocenters.